The van der Waals surface area contributed by atoms with Crippen molar-refractivity contribution in [2.75, 3.05) is 11.9 Å². The van der Waals surface area contributed by atoms with Crippen molar-refractivity contribution in [1.82, 2.24) is 24.6 Å². The number of nitrogens with zero attached hydrogens (tertiary/aromatic N) is 5. The molecule has 2 aromatic rings. The highest BCUT2D eigenvalue weighted by Gasteiger charge is 2.27. The Kier molecular flexibility index (Phi) is 5.18. The van der Waals surface area contributed by atoms with E-state index in [1.54, 1.807) is 24.5 Å². The minimum atomic E-state index is -0.352. The van der Waals surface area contributed by atoms with Gasteiger partial charge in [-0.25, -0.2) is 14.6 Å². The van der Waals surface area contributed by atoms with Gasteiger partial charge in [-0.15, -0.1) is 0 Å². The van der Waals surface area contributed by atoms with Crippen LogP contribution in [0.4, 0.5) is 5.95 Å². The minimum Gasteiger partial charge on any atom is -0.293 e. The summed E-state index contributed by atoms with van der Waals surface area (Å²) >= 11 is 0. The molecule has 1 N–H and O–H groups in total. The highest BCUT2D eigenvalue weighted by Crippen LogP contribution is 2.18. The van der Waals surface area contributed by atoms with Gasteiger partial charge in [-0.05, 0) is 25.0 Å². The molecule has 25 heavy (non-hydrogen) atoms. The molecule has 132 valence electrons. The lowest BCUT2D eigenvalue weighted by Gasteiger charge is -2.32. The van der Waals surface area contributed by atoms with Gasteiger partial charge in [0, 0.05) is 44.5 Å². The molecule has 3 heterocycles. The third-order valence-corrected chi connectivity index (χ3v) is 4.34. The first-order valence-corrected chi connectivity index (χ1v) is 8.50. The zero-order chi connectivity index (χ0) is 17.8. The molecule has 1 atom stereocenters. The van der Waals surface area contributed by atoms with Crippen molar-refractivity contribution < 1.29 is 4.79 Å². The number of anilines is 1. The van der Waals surface area contributed by atoms with E-state index in [9.17, 15) is 9.59 Å². The maximum atomic E-state index is 12.4. The SMILES string of the molecule is CCCn1nc2c(cc1=O)CN([C@@H](C)C(=O)Nc1ncccn1)CC2. The van der Waals surface area contributed by atoms with Crippen LogP contribution in [0.1, 0.15) is 31.5 Å². The number of nitrogens with one attached hydrogen (secondary N) is 1. The van der Waals surface area contributed by atoms with Crippen LogP contribution in [0.15, 0.2) is 29.3 Å². The summed E-state index contributed by atoms with van der Waals surface area (Å²) in [5.74, 6) is 0.128. The molecule has 1 aliphatic heterocycles. The molecule has 0 fully saturated rings. The Morgan fingerprint density at radius 3 is 2.84 bits per heavy atom. The minimum absolute atomic E-state index is 0.0859. The highest BCUT2D eigenvalue weighted by atomic mass is 16.2. The predicted molar refractivity (Wildman–Crippen MR) is 93.0 cm³/mol. The zero-order valence-electron chi connectivity index (χ0n) is 14.5. The summed E-state index contributed by atoms with van der Waals surface area (Å²) in [6, 6.07) is 2.99. The Morgan fingerprint density at radius 2 is 2.12 bits per heavy atom. The molecular weight excluding hydrogens is 320 g/mol. The van der Waals surface area contributed by atoms with Crippen molar-refractivity contribution in [2.45, 2.75) is 45.8 Å². The zero-order valence-corrected chi connectivity index (χ0v) is 14.5. The van der Waals surface area contributed by atoms with Crippen LogP contribution in [-0.2, 0) is 24.3 Å². The summed E-state index contributed by atoms with van der Waals surface area (Å²) in [7, 11) is 0. The molecule has 0 spiro atoms. The first kappa shape index (κ1) is 17.2. The van der Waals surface area contributed by atoms with Gasteiger partial charge in [0.05, 0.1) is 11.7 Å². The second kappa shape index (κ2) is 7.52. The van der Waals surface area contributed by atoms with Crippen molar-refractivity contribution in [2.24, 2.45) is 0 Å². The molecule has 0 bridgehead atoms. The molecule has 0 unspecified atom stereocenters. The van der Waals surface area contributed by atoms with Crippen molar-refractivity contribution in [3.8, 4) is 0 Å². The van der Waals surface area contributed by atoms with E-state index < -0.39 is 0 Å². The third-order valence-electron chi connectivity index (χ3n) is 4.34. The molecule has 0 saturated heterocycles. The van der Waals surface area contributed by atoms with E-state index in [-0.39, 0.29) is 17.5 Å². The van der Waals surface area contributed by atoms with E-state index in [1.165, 1.54) is 4.68 Å². The molecule has 8 heteroatoms. The normalized spacial score (nSPS) is 15.4. The Bertz CT molecular complexity index is 805. The number of rotatable bonds is 5. The Hall–Kier alpha value is -2.61. The number of fused-ring (bicyclic) bond motifs is 1. The maximum Gasteiger partial charge on any atom is 0.267 e. The second-order valence-corrected chi connectivity index (χ2v) is 6.14. The summed E-state index contributed by atoms with van der Waals surface area (Å²) < 4.78 is 1.53. The Balaban J connectivity index is 1.70. The summed E-state index contributed by atoms with van der Waals surface area (Å²) in [5, 5.41) is 7.18. The van der Waals surface area contributed by atoms with Gasteiger partial charge in [0.1, 0.15) is 0 Å². The largest absolute Gasteiger partial charge is 0.293 e. The Labute approximate surface area is 145 Å². The second-order valence-electron chi connectivity index (χ2n) is 6.14. The van der Waals surface area contributed by atoms with Gasteiger partial charge in [0.2, 0.25) is 11.9 Å². The maximum absolute atomic E-state index is 12.4. The number of hydrogen-bond donors (Lipinski definition) is 1. The summed E-state index contributed by atoms with van der Waals surface area (Å²) in [6.07, 6.45) is 4.75. The van der Waals surface area contributed by atoms with E-state index in [2.05, 4.69) is 20.4 Å². The summed E-state index contributed by atoms with van der Waals surface area (Å²) in [5.41, 5.74) is 1.76. The number of carbonyl (C=O) groups excluding carboxylic acids is 1. The van der Waals surface area contributed by atoms with Crippen LogP contribution in [0.3, 0.4) is 0 Å². The standard InChI is InChI=1S/C17H22N6O2/c1-3-8-23-15(24)10-13-11-22(9-5-14(13)21-23)12(2)16(25)20-17-18-6-4-7-19-17/h4,6-7,10,12H,3,5,8-9,11H2,1-2H3,(H,18,19,20,25)/t12-/m0/s1. The fraction of sp³-hybridized carbons (Fsp3) is 0.471. The topological polar surface area (TPSA) is 93.0 Å². The molecule has 0 saturated carbocycles. The first-order valence-electron chi connectivity index (χ1n) is 8.50. The lowest BCUT2D eigenvalue weighted by molar-refractivity contribution is -0.121. The number of hydrogen-bond acceptors (Lipinski definition) is 6. The van der Waals surface area contributed by atoms with E-state index in [0.29, 0.717) is 25.6 Å². The fourth-order valence-corrected chi connectivity index (χ4v) is 2.91. The lowest BCUT2D eigenvalue weighted by Crippen LogP contribution is -2.45. The number of amides is 1. The average molecular weight is 342 g/mol. The van der Waals surface area contributed by atoms with Crippen LogP contribution >= 0.6 is 0 Å². The molecule has 3 rings (SSSR count). The molecule has 8 nitrogen and oxygen atoms in total. The van der Waals surface area contributed by atoms with Crippen LogP contribution in [0.25, 0.3) is 0 Å². The van der Waals surface area contributed by atoms with Gasteiger partial charge >= 0.3 is 0 Å². The average Bonchev–Trinajstić information content (AvgIpc) is 2.62. The molecule has 0 radical (unpaired) electrons. The molecule has 0 aromatic carbocycles. The third kappa shape index (κ3) is 3.90. The van der Waals surface area contributed by atoms with Crippen molar-refractivity contribution in [3.05, 3.63) is 46.1 Å². The van der Waals surface area contributed by atoms with Crippen LogP contribution in [0, 0.1) is 0 Å². The Morgan fingerprint density at radius 1 is 1.36 bits per heavy atom. The van der Waals surface area contributed by atoms with Crippen molar-refractivity contribution in [3.63, 3.8) is 0 Å². The van der Waals surface area contributed by atoms with Crippen LogP contribution in [0.2, 0.25) is 0 Å². The van der Waals surface area contributed by atoms with Crippen molar-refractivity contribution in [1.29, 1.82) is 0 Å². The summed E-state index contributed by atoms with van der Waals surface area (Å²) in [6.45, 7) is 5.75. The van der Waals surface area contributed by atoms with Gasteiger partial charge in [0.15, 0.2) is 0 Å². The predicted octanol–water partition coefficient (Wildman–Crippen LogP) is 0.829. The quantitative estimate of drug-likeness (QED) is 0.865. The molecule has 0 aliphatic carbocycles. The van der Waals surface area contributed by atoms with Gasteiger partial charge in [-0.3, -0.25) is 19.8 Å². The molecule has 1 amide bonds. The molecular formula is C17H22N6O2. The number of aromatic nitrogens is 4. The fourth-order valence-electron chi connectivity index (χ4n) is 2.91. The monoisotopic (exact) mass is 342 g/mol. The van der Waals surface area contributed by atoms with Gasteiger partial charge in [-0.2, -0.15) is 5.10 Å². The van der Waals surface area contributed by atoms with Crippen molar-refractivity contribution >= 4 is 11.9 Å². The van der Waals surface area contributed by atoms with Gasteiger partial charge in [0.25, 0.3) is 5.56 Å². The number of aryl methyl sites for hydroxylation is 1. The smallest absolute Gasteiger partial charge is 0.267 e. The van der Waals surface area contributed by atoms with E-state index in [1.807, 2.05) is 18.7 Å². The van der Waals surface area contributed by atoms with Crippen LogP contribution in [0.5, 0.6) is 0 Å². The molecule has 1 aliphatic rings. The lowest BCUT2D eigenvalue weighted by atomic mass is 10.0. The van der Waals surface area contributed by atoms with Crippen LogP contribution in [-0.4, -0.2) is 43.1 Å². The first-order chi connectivity index (χ1) is 12.1. The summed E-state index contributed by atoms with van der Waals surface area (Å²) in [4.78, 5) is 34.6. The van der Waals surface area contributed by atoms with Crippen LogP contribution < -0.4 is 10.9 Å². The van der Waals surface area contributed by atoms with E-state index >= 15 is 0 Å². The van der Waals surface area contributed by atoms with Gasteiger partial charge < -0.3 is 0 Å². The van der Waals surface area contributed by atoms with E-state index in [4.69, 9.17) is 0 Å². The number of carbonyl (C=O) groups is 1. The van der Waals surface area contributed by atoms with Gasteiger partial charge in [-0.1, -0.05) is 6.92 Å². The van der Waals surface area contributed by atoms with E-state index in [0.717, 1.165) is 24.1 Å². The molecule has 2 aromatic heterocycles. The highest BCUT2D eigenvalue weighted by molar-refractivity contribution is 5.93.